The minimum absolute atomic E-state index is 0.0333. The Morgan fingerprint density at radius 3 is 2.54 bits per heavy atom. The van der Waals surface area contributed by atoms with Crippen molar-refractivity contribution in [2.45, 2.75) is 76.2 Å². The number of benzene rings is 2. The number of rotatable bonds is 17. The number of aliphatic hydroxyl groups is 2. The molecular formula is C40H53N3O9. The van der Waals surface area contributed by atoms with Crippen LogP contribution >= 0.6 is 0 Å². The van der Waals surface area contributed by atoms with Crippen molar-refractivity contribution < 1.29 is 43.6 Å². The van der Waals surface area contributed by atoms with Gasteiger partial charge in [0.15, 0.2) is 0 Å². The minimum Gasteiger partial charge on any atom is -0.459 e. The molecule has 0 aromatic heterocycles. The van der Waals surface area contributed by atoms with E-state index in [0.717, 1.165) is 42.4 Å². The number of unbranched alkanes of at least 4 members (excludes halogenated alkanes) is 2. The molecule has 2 aliphatic carbocycles. The van der Waals surface area contributed by atoms with Gasteiger partial charge in [-0.15, -0.1) is 6.58 Å². The van der Waals surface area contributed by atoms with Crippen LogP contribution in [0, 0.1) is 17.8 Å². The zero-order valence-corrected chi connectivity index (χ0v) is 30.5. The van der Waals surface area contributed by atoms with E-state index >= 15 is 0 Å². The molecule has 1 saturated carbocycles. The fourth-order valence-corrected chi connectivity index (χ4v) is 8.14. The largest absolute Gasteiger partial charge is 0.459 e. The molecule has 0 unspecified atom stereocenters. The third-order valence-corrected chi connectivity index (χ3v) is 10.3. The van der Waals surface area contributed by atoms with Crippen molar-refractivity contribution in [3.8, 4) is 11.5 Å². The van der Waals surface area contributed by atoms with E-state index in [-0.39, 0.29) is 50.6 Å². The summed E-state index contributed by atoms with van der Waals surface area (Å²) in [7, 11) is 3.19. The average molecular weight is 720 g/mol. The van der Waals surface area contributed by atoms with Gasteiger partial charge >= 0.3 is 12.2 Å². The van der Waals surface area contributed by atoms with Gasteiger partial charge in [-0.3, -0.25) is 0 Å². The second-order valence-electron chi connectivity index (χ2n) is 13.5. The van der Waals surface area contributed by atoms with Crippen LogP contribution in [0.2, 0.25) is 0 Å². The van der Waals surface area contributed by atoms with E-state index in [4.69, 9.17) is 23.8 Å². The Bertz CT molecular complexity index is 1580. The molecule has 5 rings (SSSR count). The van der Waals surface area contributed by atoms with E-state index in [2.05, 4.69) is 23.1 Å². The minimum atomic E-state index is -1.40. The fraction of sp³-hybridized carbons (Fsp3) is 0.525. The monoisotopic (exact) mass is 719 g/mol. The number of aliphatic hydroxyl groups excluding tert-OH is 2. The summed E-state index contributed by atoms with van der Waals surface area (Å²) in [6.07, 6.45) is 7.59. The molecule has 282 valence electrons. The summed E-state index contributed by atoms with van der Waals surface area (Å²) in [5.74, 6) is -1.10. The molecule has 52 heavy (non-hydrogen) atoms. The molecule has 3 aliphatic rings. The lowest BCUT2D eigenvalue weighted by Crippen LogP contribution is -2.69. The van der Waals surface area contributed by atoms with Crippen LogP contribution in [-0.2, 0) is 20.9 Å². The van der Waals surface area contributed by atoms with Crippen molar-refractivity contribution in [1.29, 1.82) is 0 Å². The summed E-state index contributed by atoms with van der Waals surface area (Å²) < 4.78 is 25.4. The SMILES string of the molecule is C=CCO[C@@]12Oc3ccc(OC(=O)NCC)cc3[C@H]3[C@H](CCCCO)[C@@H](CCCCO)C=C(C(=NOC)C[C@@H]1N(C)C(=O)OCc1ccccc1)[C@H]32. The maximum atomic E-state index is 13.9. The molecule has 6 atom stereocenters. The number of oxime groups is 1. The first kappa shape index (κ1) is 38.8. The number of allylic oxidation sites excluding steroid dienone is 1. The molecule has 0 spiro atoms. The molecular weight excluding hydrogens is 666 g/mol. The van der Waals surface area contributed by atoms with Gasteiger partial charge in [0.2, 0.25) is 5.79 Å². The van der Waals surface area contributed by atoms with Crippen LogP contribution in [0.15, 0.2) is 78.0 Å². The predicted molar refractivity (Wildman–Crippen MR) is 196 cm³/mol. The van der Waals surface area contributed by atoms with E-state index in [0.29, 0.717) is 36.6 Å². The Balaban J connectivity index is 1.68. The summed E-state index contributed by atoms with van der Waals surface area (Å²) >= 11 is 0. The summed E-state index contributed by atoms with van der Waals surface area (Å²) in [6.45, 7) is 6.59. The van der Waals surface area contributed by atoms with Crippen LogP contribution in [0.25, 0.3) is 0 Å². The Morgan fingerprint density at radius 2 is 1.85 bits per heavy atom. The molecule has 3 N–H and O–H groups in total. The molecule has 0 bridgehead atoms. The summed E-state index contributed by atoms with van der Waals surface area (Å²) in [6, 6.07) is 14.1. The Morgan fingerprint density at radius 1 is 1.10 bits per heavy atom. The van der Waals surface area contributed by atoms with Crippen LogP contribution < -0.4 is 14.8 Å². The molecule has 0 saturated heterocycles. The Labute approximate surface area is 306 Å². The molecule has 1 heterocycles. The highest BCUT2D eigenvalue weighted by atomic mass is 16.7. The first-order chi connectivity index (χ1) is 25.3. The third-order valence-electron chi connectivity index (χ3n) is 10.3. The molecule has 2 amide bonds. The van der Waals surface area contributed by atoms with Crippen molar-refractivity contribution in [2.75, 3.05) is 40.5 Å². The van der Waals surface area contributed by atoms with Gasteiger partial charge in [-0.2, -0.15) is 0 Å². The smallest absolute Gasteiger partial charge is 0.412 e. The topological polar surface area (TPSA) is 148 Å². The van der Waals surface area contributed by atoms with E-state index < -0.39 is 29.9 Å². The lowest BCUT2D eigenvalue weighted by molar-refractivity contribution is -0.253. The average Bonchev–Trinajstić information content (AvgIpc) is 3.15. The summed E-state index contributed by atoms with van der Waals surface area (Å²) in [4.78, 5) is 33.4. The molecule has 1 fully saturated rings. The highest BCUT2D eigenvalue weighted by molar-refractivity contribution is 6.02. The molecule has 12 nitrogen and oxygen atoms in total. The zero-order chi connectivity index (χ0) is 37.1. The van der Waals surface area contributed by atoms with Crippen LogP contribution in [0.4, 0.5) is 9.59 Å². The van der Waals surface area contributed by atoms with Crippen LogP contribution in [0.1, 0.15) is 68.9 Å². The number of amides is 2. The van der Waals surface area contributed by atoms with Gasteiger partial charge in [0.1, 0.15) is 31.3 Å². The predicted octanol–water partition coefficient (Wildman–Crippen LogP) is 6.33. The standard InChI is InChI=1S/C40H53N3O9/c1-5-22-50-40-35(43(3)39(47)49-26-27-14-8-7-9-15-27)25-33(42-48-4)31-23-28(16-10-12-20-44)30(17-11-13-21-45)36(37(31)40)32-24-29(18-19-34(32)52-40)51-38(46)41-6-2/h5,7-9,14-15,18-19,23-24,28,30,35-37,44-45H,1,6,10-13,16-17,20-22,25-26H2,2-4H3,(H,41,46)/t28-,30+,35-,36+,37+,40+/m0/s1. The second-order valence-corrected chi connectivity index (χ2v) is 13.5. The van der Waals surface area contributed by atoms with Gasteiger partial charge in [0.25, 0.3) is 0 Å². The van der Waals surface area contributed by atoms with Gasteiger partial charge in [-0.25, -0.2) is 9.59 Å². The maximum absolute atomic E-state index is 13.9. The van der Waals surface area contributed by atoms with Gasteiger partial charge in [0, 0.05) is 44.7 Å². The first-order valence-electron chi connectivity index (χ1n) is 18.3. The van der Waals surface area contributed by atoms with Crippen LogP contribution in [-0.4, -0.2) is 85.4 Å². The van der Waals surface area contributed by atoms with Crippen molar-refractivity contribution >= 4 is 17.9 Å². The lowest BCUT2D eigenvalue weighted by Gasteiger charge is -2.59. The molecule has 0 radical (unpaired) electrons. The third kappa shape index (κ3) is 8.46. The van der Waals surface area contributed by atoms with Crippen LogP contribution in [0.3, 0.4) is 0 Å². The van der Waals surface area contributed by atoms with Crippen molar-refractivity contribution in [2.24, 2.45) is 22.9 Å². The van der Waals surface area contributed by atoms with Crippen LogP contribution in [0.5, 0.6) is 11.5 Å². The number of fused-ring (bicyclic) bond motifs is 2. The summed E-state index contributed by atoms with van der Waals surface area (Å²) in [5.41, 5.74) is 3.29. The fourth-order valence-electron chi connectivity index (χ4n) is 8.14. The number of nitrogens with one attached hydrogen (secondary N) is 1. The lowest BCUT2D eigenvalue weighted by atomic mass is 9.55. The van der Waals surface area contributed by atoms with Gasteiger partial charge in [-0.05, 0) is 73.8 Å². The van der Waals surface area contributed by atoms with Crippen molar-refractivity contribution in [1.82, 2.24) is 10.2 Å². The second kappa shape index (κ2) is 18.4. The normalized spacial score (nSPS) is 25.1. The molecule has 1 aliphatic heterocycles. The van der Waals surface area contributed by atoms with E-state index in [9.17, 15) is 19.8 Å². The van der Waals surface area contributed by atoms with Crippen molar-refractivity contribution in [3.63, 3.8) is 0 Å². The molecule has 12 heteroatoms. The Hall–Kier alpha value is -4.39. The zero-order valence-electron chi connectivity index (χ0n) is 30.5. The summed E-state index contributed by atoms with van der Waals surface area (Å²) in [5, 5.41) is 26.7. The van der Waals surface area contributed by atoms with E-state index in [1.165, 1.54) is 12.0 Å². The highest BCUT2D eigenvalue weighted by Gasteiger charge is 2.65. The van der Waals surface area contributed by atoms with E-state index in [1.54, 1.807) is 25.3 Å². The molecule has 2 aromatic carbocycles. The number of likely N-dealkylation sites (N-methyl/N-ethyl adjacent to an activating group) is 1. The number of carbonyl (C=O) groups is 2. The quantitative estimate of drug-likeness (QED) is 0.0970. The number of nitrogens with zero attached hydrogens (tertiary/aromatic N) is 2. The van der Waals surface area contributed by atoms with Crippen molar-refractivity contribution in [3.05, 3.63) is 84.0 Å². The number of carbonyl (C=O) groups excluding carboxylic acids is 2. The molecule has 2 aromatic rings. The first-order valence-corrected chi connectivity index (χ1v) is 18.3. The Kier molecular flexibility index (Phi) is 13.7. The number of hydrogen-bond acceptors (Lipinski definition) is 10. The number of ether oxygens (including phenoxy) is 4. The number of hydrogen-bond donors (Lipinski definition) is 3. The van der Waals surface area contributed by atoms with E-state index in [1.807, 2.05) is 43.3 Å². The van der Waals surface area contributed by atoms with Gasteiger partial charge in [0.05, 0.1) is 18.2 Å². The van der Waals surface area contributed by atoms with Gasteiger partial charge < -0.3 is 44.2 Å². The van der Waals surface area contributed by atoms with Gasteiger partial charge in [-0.1, -0.05) is 60.5 Å². The highest BCUT2D eigenvalue weighted by Crippen LogP contribution is 2.61. The maximum Gasteiger partial charge on any atom is 0.412 e.